The maximum atomic E-state index is 4.69. The van der Waals surface area contributed by atoms with Crippen molar-refractivity contribution in [1.82, 2.24) is 15.0 Å². The summed E-state index contributed by atoms with van der Waals surface area (Å²) in [4.78, 5) is 17.9. The fourth-order valence-corrected chi connectivity index (χ4v) is 2.96. The molecule has 6 nitrogen and oxygen atoms in total. The molecule has 1 aliphatic heterocycles. The second-order valence-electron chi connectivity index (χ2n) is 6.23. The van der Waals surface area contributed by atoms with E-state index in [-0.39, 0.29) is 0 Å². The first-order valence-corrected chi connectivity index (χ1v) is 8.26. The third-order valence-corrected chi connectivity index (χ3v) is 4.24. The van der Waals surface area contributed by atoms with E-state index >= 15 is 0 Å². The molecule has 0 fully saturated rings. The van der Waals surface area contributed by atoms with Gasteiger partial charge in [-0.1, -0.05) is 18.2 Å². The first-order chi connectivity index (χ1) is 12.2. The van der Waals surface area contributed by atoms with Crippen molar-refractivity contribution in [2.75, 3.05) is 28.8 Å². The van der Waals surface area contributed by atoms with Gasteiger partial charge in [0.1, 0.15) is 5.82 Å². The summed E-state index contributed by atoms with van der Waals surface area (Å²) in [5.41, 5.74) is 4.19. The van der Waals surface area contributed by atoms with Crippen molar-refractivity contribution in [2.45, 2.75) is 13.5 Å². The summed E-state index contributed by atoms with van der Waals surface area (Å²) in [5, 5.41) is 3.22. The number of nitrogens with one attached hydrogen (secondary N) is 1. The Hall–Kier alpha value is -3.15. The van der Waals surface area contributed by atoms with E-state index in [1.165, 1.54) is 5.69 Å². The molecular weight excluding hydrogens is 312 g/mol. The zero-order chi connectivity index (χ0) is 17.2. The number of aryl methyl sites for hydroxylation is 1. The van der Waals surface area contributed by atoms with Crippen LogP contribution in [0.25, 0.3) is 0 Å². The van der Waals surface area contributed by atoms with Crippen LogP contribution in [-0.4, -0.2) is 28.7 Å². The van der Waals surface area contributed by atoms with E-state index in [2.05, 4.69) is 61.4 Å². The van der Waals surface area contributed by atoms with Crippen LogP contribution in [-0.2, 0) is 6.54 Å². The predicted octanol–water partition coefficient (Wildman–Crippen LogP) is 3.34. The van der Waals surface area contributed by atoms with Crippen molar-refractivity contribution < 1.29 is 0 Å². The largest absolute Gasteiger partial charge is 0.349 e. The topological polar surface area (TPSA) is 57.2 Å². The molecule has 0 saturated carbocycles. The Labute approximate surface area is 147 Å². The molecule has 0 bridgehead atoms. The van der Waals surface area contributed by atoms with E-state index in [4.69, 9.17) is 0 Å². The smallest absolute Gasteiger partial charge is 0.229 e. The molecular formula is C19H20N6. The van der Waals surface area contributed by atoms with E-state index in [0.29, 0.717) is 5.95 Å². The Morgan fingerprint density at radius 1 is 1.00 bits per heavy atom. The average Bonchev–Trinajstić information content (AvgIpc) is 2.65. The van der Waals surface area contributed by atoms with E-state index in [0.717, 1.165) is 36.0 Å². The number of hydrogen-bond acceptors (Lipinski definition) is 6. The lowest BCUT2D eigenvalue weighted by molar-refractivity contribution is 0.715. The van der Waals surface area contributed by atoms with E-state index in [1.54, 1.807) is 6.20 Å². The molecule has 0 amide bonds. The minimum absolute atomic E-state index is 0.587. The SMILES string of the molecule is Cc1ccc(Nc2ncc3c(n2)N(C)CN(c2ccccc2)C3)cn1. The molecule has 3 heterocycles. The highest BCUT2D eigenvalue weighted by Gasteiger charge is 2.22. The zero-order valence-electron chi connectivity index (χ0n) is 14.3. The molecule has 1 aliphatic rings. The van der Waals surface area contributed by atoms with Gasteiger partial charge in [0, 0.05) is 36.7 Å². The van der Waals surface area contributed by atoms with E-state index < -0.39 is 0 Å². The van der Waals surface area contributed by atoms with Crippen molar-refractivity contribution in [3.05, 3.63) is 66.1 Å². The number of nitrogens with zero attached hydrogens (tertiary/aromatic N) is 5. The molecule has 2 aromatic heterocycles. The highest BCUT2D eigenvalue weighted by atomic mass is 15.4. The average molecular weight is 332 g/mol. The van der Waals surface area contributed by atoms with Crippen LogP contribution in [0.5, 0.6) is 0 Å². The predicted molar refractivity (Wildman–Crippen MR) is 100 cm³/mol. The number of para-hydroxylation sites is 1. The van der Waals surface area contributed by atoms with Crippen molar-refractivity contribution in [3.8, 4) is 0 Å². The van der Waals surface area contributed by atoms with Gasteiger partial charge in [-0.15, -0.1) is 0 Å². The van der Waals surface area contributed by atoms with Gasteiger partial charge in [-0.2, -0.15) is 4.98 Å². The van der Waals surface area contributed by atoms with Crippen LogP contribution in [0.2, 0.25) is 0 Å². The Bertz CT molecular complexity index is 863. The van der Waals surface area contributed by atoms with Crippen LogP contribution in [0.15, 0.2) is 54.9 Å². The summed E-state index contributed by atoms with van der Waals surface area (Å²) in [6.07, 6.45) is 3.69. The minimum atomic E-state index is 0.587. The third kappa shape index (κ3) is 3.24. The summed E-state index contributed by atoms with van der Waals surface area (Å²) in [7, 11) is 2.05. The lowest BCUT2D eigenvalue weighted by atomic mass is 10.2. The molecule has 126 valence electrons. The molecule has 0 saturated heterocycles. The lowest BCUT2D eigenvalue weighted by Gasteiger charge is -2.36. The molecule has 4 rings (SSSR count). The maximum absolute atomic E-state index is 4.69. The van der Waals surface area contributed by atoms with Gasteiger partial charge in [-0.3, -0.25) is 4.98 Å². The Morgan fingerprint density at radius 2 is 1.84 bits per heavy atom. The molecule has 0 aliphatic carbocycles. The van der Waals surface area contributed by atoms with Crippen LogP contribution < -0.4 is 15.1 Å². The van der Waals surface area contributed by atoms with Crippen LogP contribution in [0.4, 0.5) is 23.1 Å². The molecule has 6 heteroatoms. The Kier molecular flexibility index (Phi) is 3.93. The van der Waals surface area contributed by atoms with Crippen molar-refractivity contribution >= 4 is 23.1 Å². The number of benzene rings is 1. The summed E-state index contributed by atoms with van der Waals surface area (Å²) in [6, 6.07) is 14.3. The van der Waals surface area contributed by atoms with Crippen LogP contribution in [0.3, 0.4) is 0 Å². The monoisotopic (exact) mass is 332 g/mol. The minimum Gasteiger partial charge on any atom is -0.349 e. The van der Waals surface area contributed by atoms with Gasteiger partial charge >= 0.3 is 0 Å². The number of fused-ring (bicyclic) bond motifs is 1. The van der Waals surface area contributed by atoms with Crippen LogP contribution in [0, 0.1) is 6.92 Å². The zero-order valence-corrected chi connectivity index (χ0v) is 14.3. The van der Waals surface area contributed by atoms with Crippen molar-refractivity contribution in [3.63, 3.8) is 0 Å². The summed E-state index contributed by atoms with van der Waals surface area (Å²) < 4.78 is 0. The van der Waals surface area contributed by atoms with E-state index in [1.807, 2.05) is 31.3 Å². The number of rotatable bonds is 3. The summed E-state index contributed by atoms with van der Waals surface area (Å²) >= 11 is 0. The first-order valence-electron chi connectivity index (χ1n) is 8.26. The Balaban J connectivity index is 1.57. The number of aromatic nitrogens is 3. The molecule has 0 radical (unpaired) electrons. The normalized spacial score (nSPS) is 13.5. The van der Waals surface area contributed by atoms with E-state index in [9.17, 15) is 0 Å². The molecule has 0 spiro atoms. The number of anilines is 4. The second kappa shape index (κ2) is 6.39. The van der Waals surface area contributed by atoms with Gasteiger partial charge in [0.2, 0.25) is 5.95 Å². The third-order valence-electron chi connectivity index (χ3n) is 4.24. The molecule has 1 N–H and O–H groups in total. The first kappa shape index (κ1) is 15.4. The van der Waals surface area contributed by atoms with Crippen molar-refractivity contribution in [2.24, 2.45) is 0 Å². The Morgan fingerprint density at radius 3 is 2.60 bits per heavy atom. The standard InChI is InChI=1S/C19H20N6/c1-14-8-9-16(11-20-14)22-19-21-10-15-12-25(13-24(2)18(15)23-19)17-6-4-3-5-7-17/h3-11H,12-13H2,1-2H3,(H,21,22,23). The summed E-state index contributed by atoms with van der Waals surface area (Å²) in [5.74, 6) is 1.55. The lowest BCUT2D eigenvalue weighted by Crippen LogP contribution is -2.41. The van der Waals surface area contributed by atoms with Gasteiger partial charge in [0.15, 0.2) is 0 Å². The fourth-order valence-electron chi connectivity index (χ4n) is 2.96. The maximum Gasteiger partial charge on any atom is 0.229 e. The molecule has 3 aromatic rings. The fraction of sp³-hybridized carbons (Fsp3) is 0.211. The quantitative estimate of drug-likeness (QED) is 0.794. The van der Waals surface area contributed by atoms with Gasteiger partial charge in [-0.25, -0.2) is 4.98 Å². The van der Waals surface area contributed by atoms with Crippen LogP contribution in [0.1, 0.15) is 11.3 Å². The van der Waals surface area contributed by atoms with Gasteiger partial charge in [-0.05, 0) is 31.2 Å². The van der Waals surface area contributed by atoms with Gasteiger partial charge in [0.05, 0.1) is 18.6 Å². The molecule has 25 heavy (non-hydrogen) atoms. The van der Waals surface area contributed by atoms with Crippen LogP contribution >= 0.6 is 0 Å². The highest BCUT2D eigenvalue weighted by molar-refractivity contribution is 5.60. The van der Waals surface area contributed by atoms with Crippen molar-refractivity contribution in [1.29, 1.82) is 0 Å². The molecule has 0 unspecified atom stereocenters. The van der Waals surface area contributed by atoms with Gasteiger partial charge < -0.3 is 15.1 Å². The highest BCUT2D eigenvalue weighted by Crippen LogP contribution is 2.28. The molecule has 1 aromatic carbocycles. The summed E-state index contributed by atoms with van der Waals surface area (Å²) in [6.45, 7) is 3.56. The number of pyridine rings is 1. The molecule has 0 atom stereocenters. The van der Waals surface area contributed by atoms with Gasteiger partial charge in [0.25, 0.3) is 0 Å². The number of hydrogen-bond donors (Lipinski definition) is 1. The second-order valence-corrected chi connectivity index (χ2v) is 6.23.